The minimum Gasteiger partial charge on any atom is -0.508 e. The summed E-state index contributed by atoms with van der Waals surface area (Å²) in [6.45, 7) is 1.92. The summed E-state index contributed by atoms with van der Waals surface area (Å²) < 4.78 is 0. The number of likely N-dealkylation sites (N-methyl/N-ethyl adjacent to an activating group) is 1. The van der Waals surface area contributed by atoms with E-state index in [1.165, 1.54) is 4.90 Å². The van der Waals surface area contributed by atoms with Crippen LogP contribution in [-0.2, 0) is 20.8 Å². The Bertz CT molecular complexity index is 1550. The molecule has 3 aliphatic rings. The number of fused-ring (bicyclic) bond motifs is 3. The second-order valence-corrected chi connectivity index (χ2v) is 11.4. The molecule has 2 aromatic rings. The third-order valence-corrected chi connectivity index (χ3v) is 8.51. The van der Waals surface area contributed by atoms with Gasteiger partial charge in [0, 0.05) is 36.8 Å². The molecule has 40 heavy (non-hydrogen) atoms. The fourth-order valence-electron chi connectivity index (χ4n) is 6.72. The Morgan fingerprint density at radius 3 is 2.33 bits per heavy atom. The Hall–Kier alpha value is -4.15. The molecule has 0 heterocycles. The highest BCUT2D eigenvalue weighted by atomic mass is 16.3. The molecule has 3 aliphatic carbocycles. The average Bonchev–Trinajstić information content (AvgIpc) is 2.85. The zero-order valence-electron chi connectivity index (χ0n) is 23.0. The molecule has 210 valence electrons. The molecule has 0 saturated heterocycles. The topological polar surface area (TPSA) is 165 Å². The van der Waals surface area contributed by atoms with Gasteiger partial charge in [-0.3, -0.25) is 19.3 Å². The Morgan fingerprint density at radius 2 is 1.75 bits per heavy atom. The molecule has 6 N–H and O–H groups in total. The number of aryl methyl sites for hydroxylation is 1. The smallest absolute Gasteiger partial charge is 0.255 e. The zero-order valence-corrected chi connectivity index (χ0v) is 23.0. The maximum absolute atomic E-state index is 14.1. The molecule has 0 aliphatic heterocycles. The highest BCUT2D eigenvalue weighted by Crippen LogP contribution is 2.54. The number of nitrogens with two attached hydrogens (primary N) is 1. The third-order valence-electron chi connectivity index (χ3n) is 8.51. The molecule has 0 aromatic heterocycles. The lowest BCUT2D eigenvalue weighted by Crippen LogP contribution is -2.65. The molecular weight excluding hydrogens is 514 g/mol. The standard InChI is InChI=1S/C30H33N3O7/c1-13-7-6-8-14(9-13)16-12-19(32(2)3)17-10-15-11-18-23(33(4)5)26(36)22(29(31)39)28(38)30(18,40)27(37)20(15)25(35)21(17)24(16)34/h6-9,12,15,18,23,34-35,38,40H,10-11H2,1-5H3,(H2,31,39)/t15-,18-,23-,30-/m0/s1. The number of primary amides is 1. The van der Waals surface area contributed by atoms with Crippen molar-refractivity contribution < 1.29 is 34.8 Å². The van der Waals surface area contributed by atoms with Crippen LogP contribution in [-0.4, -0.2) is 82.6 Å². The van der Waals surface area contributed by atoms with Crippen LogP contribution in [0.4, 0.5) is 5.69 Å². The lowest BCUT2D eigenvalue weighted by Gasteiger charge is -2.50. The number of aliphatic hydroxyl groups excluding tert-OH is 2. The van der Waals surface area contributed by atoms with E-state index in [0.717, 1.165) is 11.3 Å². The van der Waals surface area contributed by atoms with Crippen molar-refractivity contribution in [3.63, 3.8) is 0 Å². The number of nitrogens with zero attached hydrogens (tertiary/aromatic N) is 2. The SMILES string of the molecule is Cc1cccc(-c2cc(N(C)C)c3c(c2O)C(O)=C2C(=O)[C@]4(O)C(O)=C(C(N)=O)C(=O)[C@@H](N(C)C)[C@@H]4C[C@@H]2C3)c1. The minimum absolute atomic E-state index is 0.0407. The van der Waals surface area contributed by atoms with Gasteiger partial charge in [-0.15, -0.1) is 0 Å². The first kappa shape index (κ1) is 27.4. The summed E-state index contributed by atoms with van der Waals surface area (Å²) in [6.07, 6.45) is 0.267. The first-order chi connectivity index (χ1) is 18.7. The van der Waals surface area contributed by atoms with E-state index in [1.807, 2.05) is 56.3 Å². The largest absolute Gasteiger partial charge is 0.508 e. The average molecular weight is 548 g/mol. The van der Waals surface area contributed by atoms with Crippen molar-refractivity contribution in [2.75, 3.05) is 33.1 Å². The minimum atomic E-state index is -2.67. The molecule has 1 amide bonds. The first-order valence-electron chi connectivity index (χ1n) is 13.0. The molecule has 10 heteroatoms. The van der Waals surface area contributed by atoms with Gasteiger partial charge in [-0.2, -0.15) is 0 Å². The predicted molar refractivity (Wildman–Crippen MR) is 149 cm³/mol. The summed E-state index contributed by atoms with van der Waals surface area (Å²) in [5.41, 5.74) is 5.26. The van der Waals surface area contributed by atoms with E-state index in [1.54, 1.807) is 14.1 Å². The van der Waals surface area contributed by atoms with Gasteiger partial charge in [0.15, 0.2) is 11.4 Å². The number of amides is 1. The molecule has 5 rings (SSSR count). The number of ketones is 2. The molecular formula is C30H33N3O7. The summed E-state index contributed by atoms with van der Waals surface area (Å²) in [4.78, 5) is 42.8. The Labute approximate surface area is 231 Å². The van der Waals surface area contributed by atoms with Crippen molar-refractivity contribution in [2.24, 2.45) is 17.6 Å². The zero-order chi connectivity index (χ0) is 29.4. The normalized spacial score (nSPS) is 26.0. The number of benzene rings is 2. The Balaban J connectivity index is 1.78. The molecule has 0 unspecified atom stereocenters. The van der Waals surface area contributed by atoms with Crippen molar-refractivity contribution in [2.45, 2.75) is 31.4 Å². The second kappa shape index (κ2) is 9.21. The van der Waals surface area contributed by atoms with Gasteiger partial charge in [0.05, 0.1) is 11.6 Å². The van der Waals surface area contributed by atoms with Gasteiger partial charge in [0.1, 0.15) is 22.8 Å². The molecule has 10 nitrogen and oxygen atoms in total. The number of aromatic hydroxyl groups is 1. The maximum Gasteiger partial charge on any atom is 0.255 e. The molecule has 0 bridgehead atoms. The van der Waals surface area contributed by atoms with Gasteiger partial charge in [-0.25, -0.2) is 0 Å². The fourth-order valence-corrected chi connectivity index (χ4v) is 6.72. The summed E-state index contributed by atoms with van der Waals surface area (Å²) in [7, 11) is 6.82. The van der Waals surface area contributed by atoms with Crippen LogP contribution in [0.15, 0.2) is 47.2 Å². The number of Topliss-reactive ketones (excluding diaryl/α,β-unsaturated/α-hetero) is 2. The van der Waals surface area contributed by atoms with Crippen molar-refractivity contribution in [1.82, 2.24) is 4.90 Å². The van der Waals surface area contributed by atoms with Crippen molar-refractivity contribution in [3.05, 3.63) is 63.9 Å². The molecule has 0 spiro atoms. The number of hydrogen-bond acceptors (Lipinski definition) is 9. The van der Waals surface area contributed by atoms with Crippen LogP contribution < -0.4 is 10.6 Å². The quantitative estimate of drug-likeness (QED) is 0.360. The monoisotopic (exact) mass is 547 g/mol. The molecule has 1 fully saturated rings. The van der Waals surface area contributed by atoms with Gasteiger partial charge < -0.3 is 31.1 Å². The van der Waals surface area contributed by atoms with E-state index >= 15 is 0 Å². The maximum atomic E-state index is 14.1. The van der Waals surface area contributed by atoms with Crippen molar-refractivity contribution >= 4 is 28.9 Å². The van der Waals surface area contributed by atoms with Gasteiger partial charge in [-0.1, -0.05) is 29.8 Å². The Kier molecular flexibility index (Phi) is 6.31. The van der Waals surface area contributed by atoms with Crippen LogP contribution in [0.2, 0.25) is 0 Å². The van der Waals surface area contributed by atoms with Crippen molar-refractivity contribution in [1.29, 1.82) is 0 Å². The lowest BCUT2D eigenvalue weighted by atomic mass is 9.57. The van der Waals surface area contributed by atoms with E-state index in [2.05, 4.69) is 0 Å². The third kappa shape index (κ3) is 3.66. The van der Waals surface area contributed by atoms with Crippen LogP contribution >= 0.6 is 0 Å². The van der Waals surface area contributed by atoms with E-state index in [0.29, 0.717) is 16.7 Å². The molecule has 4 atom stereocenters. The number of hydrogen-bond donors (Lipinski definition) is 5. The van der Waals surface area contributed by atoms with Crippen LogP contribution in [0.1, 0.15) is 23.1 Å². The molecule has 2 aromatic carbocycles. The number of phenolic OH excluding ortho intramolecular Hbond substituents is 1. The van der Waals surface area contributed by atoms with Crippen LogP contribution in [0, 0.1) is 18.8 Å². The number of rotatable bonds is 4. The van der Waals surface area contributed by atoms with E-state index < -0.39 is 58.0 Å². The van der Waals surface area contributed by atoms with Crippen LogP contribution in [0.3, 0.4) is 0 Å². The Morgan fingerprint density at radius 1 is 1.07 bits per heavy atom. The van der Waals surface area contributed by atoms with Gasteiger partial charge in [0.2, 0.25) is 5.78 Å². The lowest BCUT2D eigenvalue weighted by molar-refractivity contribution is -0.153. The van der Waals surface area contributed by atoms with Gasteiger partial charge >= 0.3 is 0 Å². The van der Waals surface area contributed by atoms with E-state index in [9.17, 15) is 34.8 Å². The number of aliphatic hydroxyl groups is 3. The highest BCUT2D eigenvalue weighted by Gasteiger charge is 2.64. The fraction of sp³-hybridized carbons (Fsp3) is 0.367. The number of carbonyl (C=O) groups is 3. The number of anilines is 1. The first-order valence-corrected chi connectivity index (χ1v) is 13.0. The van der Waals surface area contributed by atoms with Crippen LogP contribution in [0.5, 0.6) is 5.75 Å². The van der Waals surface area contributed by atoms with Crippen LogP contribution in [0.25, 0.3) is 16.9 Å². The summed E-state index contributed by atoms with van der Waals surface area (Å²) in [5, 5.41) is 45.9. The number of phenols is 1. The van der Waals surface area contributed by atoms with Gasteiger partial charge in [-0.05, 0) is 57.0 Å². The number of carbonyl (C=O) groups excluding carboxylic acids is 3. The summed E-state index contributed by atoms with van der Waals surface area (Å²) >= 11 is 0. The van der Waals surface area contributed by atoms with Gasteiger partial charge in [0.25, 0.3) is 5.91 Å². The summed E-state index contributed by atoms with van der Waals surface area (Å²) in [6, 6.07) is 8.21. The van der Waals surface area contributed by atoms with E-state index in [4.69, 9.17) is 5.73 Å². The predicted octanol–water partition coefficient (Wildman–Crippen LogP) is 2.01. The van der Waals surface area contributed by atoms with Crippen molar-refractivity contribution in [3.8, 4) is 16.9 Å². The molecule has 1 saturated carbocycles. The second-order valence-electron chi connectivity index (χ2n) is 11.4. The summed E-state index contributed by atoms with van der Waals surface area (Å²) in [5.74, 6) is -6.65. The van der Waals surface area contributed by atoms with E-state index in [-0.39, 0.29) is 29.7 Å². The highest BCUT2D eigenvalue weighted by molar-refractivity contribution is 6.24. The molecule has 0 radical (unpaired) electrons.